The minimum atomic E-state index is -0.244. The molecule has 0 fully saturated rings. The van der Waals surface area contributed by atoms with Gasteiger partial charge in [0.1, 0.15) is 5.82 Å². The van der Waals surface area contributed by atoms with Crippen molar-refractivity contribution in [1.82, 2.24) is 19.7 Å². The van der Waals surface area contributed by atoms with Crippen LogP contribution in [-0.4, -0.2) is 26.7 Å². The summed E-state index contributed by atoms with van der Waals surface area (Å²) in [5, 5.41) is 4.80. The molecule has 1 unspecified atom stereocenters. The van der Waals surface area contributed by atoms with Gasteiger partial charge in [-0.1, -0.05) is 12.1 Å². The lowest BCUT2D eigenvalue weighted by Crippen LogP contribution is -2.24. The number of halogens is 2. The quantitative estimate of drug-likeness (QED) is 0.752. The molecule has 0 saturated carbocycles. The van der Waals surface area contributed by atoms with Gasteiger partial charge in [-0.3, -0.25) is 9.58 Å². The highest BCUT2D eigenvalue weighted by atomic mass is 35.5. The summed E-state index contributed by atoms with van der Waals surface area (Å²) in [6.45, 7) is 0.672. The van der Waals surface area contributed by atoms with Crippen molar-refractivity contribution in [3.8, 4) is 0 Å². The predicted molar refractivity (Wildman–Crippen MR) is 96.7 cm³/mol. The summed E-state index contributed by atoms with van der Waals surface area (Å²) in [6.07, 6.45) is 5.54. The lowest BCUT2D eigenvalue weighted by molar-refractivity contribution is 0.272. The molecule has 2 aromatic heterocycles. The van der Waals surface area contributed by atoms with E-state index in [1.807, 2.05) is 32.6 Å². The minimum absolute atomic E-state index is 0. The molecule has 1 aromatic carbocycles. The largest absolute Gasteiger partial charge is 0.375 e. The Balaban J connectivity index is 0.00000208. The number of benzene rings is 1. The van der Waals surface area contributed by atoms with Crippen LogP contribution in [-0.2, 0) is 13.6 Å². The Labute approximate surface area is 150 Å². The second-order valence-electron chi connectivity index (χ2n) is 5.48. The molecule has 0 amide bonds. The smallest absolute Gasteiger partial charge is 0.180 e. The van der Waals surface area contributed by atoms with E-state index in [1.54, 1.807) is 23.0 Å². The number of nitrogens with two attached hydrogens (primary N) is 1. The topological polar surface area (TPSA) is 60.0 Å². The van der Waals surface area contributed by atoms with Crippen LogP contribution >= 0.6 is 23.7 Å². The third-order valence-corrected chi connectivity index (χ3v) is 4.43. The van der Waals surface area contributed by atoms with E-state index in [2.05, 4.69) is 15.0 Å². The molecule has 0 aliphatic rings. The van der Waals surface area contributed by atoms with Crippen LogP contribution in [0.3, 0.4) is 0 Å². The summed E-state index contributed by atoms with van der Waals surface area (Å²) < 4.78 is 15.4. The van der Waals surface area contributed by atoms with E-state index >= 15 is 0 Å². The highest BCUT2D eigenvalue weighted by Crippen LogP contribution is 2.30. The Bertz CT molecular complexity index is 803. The molecule has 0 spiro atoms. The van der Waals surface area contributed by atoms with Crippen LogP contribution < -0.4 is 5.73 Å². The van der Waals surface area contributed by atoms with Crippen molar-refractivity contribution < 1.29 is 4.39 Å². The van der Waals surface area contributed by atoms with Crippen LogP contribution in [0.25, 0.3) is 0 Å². The fourth-order valence-corrected chi connectivity index (χ4v) is 3.44. The Morgan fingerprint density at radius 1 is 1.33 bits per heavy atom. The van der Waals surface area contributed by atoms with Crippen molar-refractivity contribution in [3.05, 3.63) is 64.7 Å². The lowest BCUT2D eigenvalue weighted by Gasteiger charge is -2.27. The first kappa shape index (κ1) is 18.4. The first-order valence-corrected chi connectivity index (χ1v) is 7.99. The summed E-state index contributed by atoms with van der Waals surface area (Å²) in [5.74, 6) is -0.244. The van der Waals surface area contributed by atoms with E-state index in [0.717, 1.165) is 16.0 Å². The van der Waals surface area contributed by atoms with Crippen LogP contribution in [0, 0.1) is 5.82 Å². The zero-order chi connectivity index (χ0) is 16.4. The molecule has 8 heteroatoms. The van der Waals surface area contributed by atoms with Crippen molar-refractivity contribution in [2.24, 2.45) is 7.05 Å². The molecule has 2 N–H and O–H groups in total. The second-order valence-corrected chi connectivity index (χ2v) is 6.63. The Hall–Kier alpha value is -1.96. The number of aryl methyl sites for hydroxylation is 1. The number of aromatic nitrogens is 3. The normalized spacial score (nSPS) is 12.2. The number of anilines is 1. The maximum Gasteiger partial charge on any atom is 0.180 e. The molecular weight excluding hydrogens is 349 g/mol. The van der Waals surface area contributed by atoms with Gasteiger partial charge < -0.3 is 5.73 Å². The van der Waals surface area contributed by atoms with E-state index in [0.29, 0.717) is 11.7 Å². The Morgan fingerprint density at radius 3 is 2.71 bits per heavy atom. The predicted octanol–water partition coefficient (Wildman–Crippen LogP) is 3.24. The van der Waals surface area contributed by atoms with E-state index in [-0.39, 0.29) is 24.3 Å². The van der Waals surface area contributed by atoms with Gasteiger partial charge in [-0.05, 0) is 24.7 Å². The molecule has 2 heterocycles. The highest BCUT2D eigenvalue weighted by molar-refractivity contribution is 7.15. The highest BCUT2D eigenvalue weighted by Gasteiger charge is 2.22. The lowest BCUT2D eigenvalue weighted by atomic mass is 10.00. The third-order valence-electron chi connectivity index (χ3n) is 3.62. The number of rotatable bonds is 5. The first-order chi connectivity index (χ1) is 11.0. The van der Waals surface area contributed by atoms with Crippen LogP contribution in [0.5, 0.6) is 0 Å². The number of nitrogens with zero attached hydrogens (tertiary/aromatic N) is 4. The Morgan fingerprint density at radius 2 is 2.12 bits per heavy atom. The molecule has 5 nitrogen and oxygen atoms in total. The summed E-state index contributed by atoms with van der Waals surface area (Å²) in [5.41, 5.74) is 7.60. The molecule has 0 radical (unpaired) electrons. The standard InChI is InChI=1S/C16H18FN5S.ClH/c1-21(10-14-8-19-16(18)23-14)15(12-7-20-22(2)9-12)11-4-3-5-13(17)6-11;/h3-9,15H,10H2,1-2H3,(H2,18,19);1H. The number of nitrogen functional groups attached to an aromatic ring is 1. The van der Waals surface area contributed by atoms with Crippen molar-refractivity contribution in [2.75, 3.05) is 12.8 Å². The maximum absolute atomic E-state index is 13.7. The molecule has 128 valence electrons. The van der Waals surface area contributed by atoms with Crippen molar-refractivity contribution in [2.45, 2.75) is 12.6 Å². The number of thiazole rings is 1. The average molecular weight is 368 g/mol. The van der Waals surface area contributed by atoms with E-state index in [4.69, 9.17) is 5.73 Å². The first-order valence-electron chi connectivity index (χ1n) is 7.17. The van der Waals surface area contributed by atoms with Crippen molar-refractivity contribution in [3.63, 3.8) is 0 Å². The van der Waals surface area contributed by atoms with Crippen molar-refractivity contribution >= 4 is 28.9 Å². The molecule has 0 aliphatic carbocycles. The number of hydrogen-bond acceptors (Lipinski definition) is 5. The molecule has 0 saturated heterocycles. The van der Waals surface area contributed by atoms with Crippen molar-refractivity contribution in [1.29, 1.82) is 0 Å². The molecule has 3 aromatic rings. The second kappa shape index (κ2) is 7.74. The summed E-state index contributed by atoms with van der Waals surface area (Å²) in [7, 11) is 3.87. The molecule has 24 heavy (non-hydrogen) atoms. The maximum atomic E-state index is 13.7. The zero-order valence-corrected chi connectivity index (χ0v) is 15.0. The summed E-state index contributed by atoms with van der Waals surface area (Å²) >= 11 is 1.46. The van der Waals surface area contributed by atoms with Gasteiger partial charge in [0, 0.05) is 36.4 Å². The van der Waals surface area contributed by atoms with E-state index in [9.17, 15) is 4.39 Å². The molecule has 0 bridgehead atoms. The number of hydrogen-bond donors (Lipinski definition) is 1. The van der Waals surface area contributed by atoms with Gasteiger partial charge in [-0.25, -0.2) is 9.37 Å². The van der Waals surface area contributed by atoms with Gasteiger partial charge in [0.25, 0.3) is 0 Å². The molecular formula is C16H19ClFN5S. The van der Waals surface area contributed by atoms with Gasteiger partial charge in [-0.15, -0.1) is 23.7 Å². The zero-order valence-electron chi connectivity index (χ0n) is 13.4. The fourth-order valence-electron chi connectivity index (χ4n) is 2.69. The monoisotopic (exact) mass is 367 g/mol. The third kappa shape index (κ3) is 4.11. The van der Waals surface area contributed by atoms with Crippen LogP contribution in [0.15, 0.2) is 42.9 Å². The molecule has 0 aliphatic heterocycles. The van der Waals surface area contributed by atoms with Crippen LogP contribution in [0.4, 0.5) is 9.52 Å². The van der Waals surface area contributed by atoms with Gasteiger partial charge in [-0.2, -0.15) is 5.10 Å². The average Bonchev–Trinajstić information content (AvgIpc) is 3.08. The van der Waals surface area contributed by atoms with E-state index in [1.165, 1.54) is 17.4 Å². The van der Waals surface area contributed by atoms with E-state index < -0.39 is 0 Å². The fraction of sp³-hybridized carbons (Fsp3) is 0.250. The van der Waals surface area contributed by atoms with Gasteiger partial charge in [0.05, 0.1) is 12.2 Å². The Kier molecular flexibility index (Phi) is 5.93. The minimum Gasteiger partial charge on any atom is -0.375 e. The SMILES string of the molecule is CN(Cc1cnc(N)s1)C(c1cccc(F)c1)c1cnn(C)c1.Cl. The van der Waals surface area contributed by atoms with Gasteiger partial charge in [0.15, 0.2) is 5.13 Å². The summed E-state index contributed by atoms with van der Waals surface area (Å²) in [6, 6.07) is 6.58. The molecule has 3 rings (SSSR count). The van der Waals surface area contributed by atoms with Crippen LogP contribution in [0.2, 0.25) is 0 Å². The molecule has 1 atom stereocenters. The summed E-state index contributed by atoms with van der Waals surface area (Å²) in [4.78, 5) is 7.29. The van der Waals surface area contributed by atoms with Crippen LogP contribution in [0.1, 0.15) is 22.0 Å². The van der Waals surface area contributed by atoms with Gasteiger partial charge >= 0.3 is 0 Å². The van der Waals surface area contributed by atoms with Gasteiger partial charge in [0.2, 0.25) is 0 Å².